The second-order valence-corrected chi connectivity index (χ2v) is 8.26. The third-order valence-corrected chi connectivity index (χ3v) is 6.03. The summed E-state index contributed by atoms with van der Waals surface area (Å²) in [4.78, 5) is 37.9. The van der Waals surface area contributed by atoms with Crippen LogP contribution >= 0.6 is 0 Å². The third-order valence-electron chi connectivity index (χ3n) is 6.03. The van der Waals surface area contributed by atoms with Crippen molar-refractivity contribution in [2.45, 2.75) is 45.4 Å². The van der Waals surface area contributed by atoms with Crippen molar-refractivity contribution >= 4 is 17.7 Å². The molecule has 8 heteroatoms. The average molecular weight is 466 g/mol. The molecule has 0 saturated heterocycles. The van der Waals surface area contributed by atoms with E-state index in [4.69, 9.17) is 18.6 Å². The number of benzene rings is 1. The minimum atomic E-state index is -0.653. The van der Waals surface area contributed by atoms with Gasteiger partial charge in [-0.2, -0.15) is 0 Å². The molecule has 1 N–H and O–H groups in total. The van der Waals surface area contributed by atoms with Crippen LogP contribution in [0.1, 0.15) is 56.8 Å². The standard InChI is InChI=1S/C26H27NO7/c1-5-32-22-13-16(8-9-21(22)34-15(3)28)24-23(26(30)31-4)14(2)27-18-11-17(12-19(29)25(18)24)20-7-6-10-33-20/h6-10,13,17,24,27H,5,11-12H2,1-4H3/t17-,24+/m0/s1. The first-order chi connectivity index (χ1) is 16.3. The molecule has 0 bridgehead atoms. The zero-order valence-electron chi connectivity index (χ0n) is 19.6. The maximum Gasteiger partial charge on any atom is 0.336 e. The quantitative estimate of drug-likeness (QED) is 0.502. The highest BCUT2D eigenvalue weighted by Crippen LogP contribution is 2.47. The van der Waals surface area contributed by atoms with E-state index in [-0.39, 0.29) is 23.9 Å². The molecule has 0 spiro atoms. The Morgan fingerprint density at radius 1 is 1.18 bits per heavy atom. The fourth-order valence-corrected chi connectivity index (χ4v) is 4.69. The molecule has 4 rings (SSSR count). The van der Waals surface area contributed by atoms with Crippen LogP contribution in [0.25, 0.3) is 0 Å². The lowest BCUT2D eigenvalue weighted by Crippen LogP contribution is -2.36. The van der Waals surface area contributed by atoms with E-state index in [1.807, 2.05) is 13.0 Å². The SMILES string of the molecule is CCOc1cc([C@@H]2C(C(=O)OC)=C(C)NC3=C2C(=O)C[C@@H](c2ccco2)C3)ccc1OC(C)=O. The van der Waals surface area contributed by atoms with Gasteiger partial charge in [-0.3, -0.25) is 9.59 Å². The van der Waals surface area contributed by atoms with Gasteiger partial charge in [0.15, 0.2) is 17.3 Å². The summed E-state index contributed by atoms with van der Waals surface area (Å²) in [7, 11) is 1.31. The zero-order valence-corrected chi connectivity index (χ0v) is 19.6. The summed E-state index contributed by atoms with van der Waals surface area (Å²) in [6, 6.07) is 8.75. The Balaban J connectivity index is 1.83. The van der Waals surface area contributed by atoms with E-state index >= 15 is 0 Å². The Kier molecular flexibility index (Phi) is 6.58. The van der Waals surface area contributed by atoms with Gasteiger partial charge in [0.25, 0.3) is 0 Å². The molecule has 2 aromatic rings. The van der Waals surface area contributed by atoms with Gasteiger partial charge < -0.3 is 23.9 Å². The van der Waals surface area contributed by atoms with E-state index in [0.29, 0.717) is 41.2 Å². The number of carbonyl (C=O) groups excluding carboxylic acids is 3. The number of esters is 2. The maximum absolute atomic E-state index is 13.5. The van der Waals surface area contributed by atoms with Crippen molar-refractivity contribution in [3.63, 3.8) is 0 Å². The predicted molar refractivity (Wildman–Crippen MR) is 122 cm³/mol. The summed E-state index contributed by atoms with van der Waals surface area (Å²) < 4.78 is 21.6. The second-order valence-electron chi connectivity index (χ2n) is 8.26. The Labute approximate surface area is 197 Å². The number of dihydropyridines is 1. The minimum Gasteiger partial charge on any atom is -0.490 e. The number of methoxy groups -OCH3 is 1. The van der Waals surface area contributed by atoms with Crippen LogP contribution in [0.5, 0.6) is 11.5 Å². The molecular weight excluding hydrogens is 438 g/mol. The number of ether oxygens (including phenoxy) is 3. The Hall–Kier alpha value is -3.81. The third kappa shape index (κ3) is 4.35. The van der Waals surface area contributed by atoms with Gasteiger partial charge in [0.1, 0.15) is 5.76 Å². The molecule has 1 aromatic heterocycles. The molecular formula is C26H27NO7. The van der Waals surface area contributed by atoms with E-state index in [1.165, 1.54) is 14.0 Å². The first kappa shape index (κ1) is 23.4. The van der Waals surface area contributed by atoms with E-state index in [1.54, 1.807) is 37.5 Å². The van der Waals surface area contributed by atoms with E-state index in [2.05, 4.69) is 5.32 Å². The summed E-state index contributed by atoms with van der Waals surface area (Å²) in [5.41, 5.74) is 2.92. The summed E-state index contributed by atoms with van der Waals surface area (Å²) in [6.07, 6.45) is 2.43. The molecule has 0 radical (unpaired) electrons. The van der Waals surface area contributed by atoms with Crippen molar-refractivity contribution in [2.24, 2.45) is 0 Å². The van der Waals surface area contributed by atoms with Crippen LogP contribution in [0.2, 0.25) is 0 Å². The Morgan fingerprint density at radius 2 is 1.97 bits per heavy atom. The maximum atomic E-state index is 13.5. The molecule has 2 aliphatic rings. The molecule has 178 valence electrons. The van der Waals surface area contributed by atoms with Crippen LogP contribution in [0.15, 0.2) is 63.6 Å². The molecule has 0 saturated carbocycles. The van der Waals surface area contributed by atoms with Crippen molar-refractivity contribution in [1.29, 1.82) is 0 Å². The van der Waals surface area contributed by atoms with Gasteiger partial charge in [-0.25, -0.2) is 4.79 Å². The molecule has 8 nitrogen and oxygen atoms in total. The number of nitrogens with one attached hydrogen (secondary N) is 1. The molecule has 34 heavy (non-hydrogen) atoms. The summed E-state index contributed by atoms with van der Waals surface area (Å²) >= 11 is 0. The average Bonchev–Trinajstić information content (AvgIpc) is 3.33. The van der Waals surface area contributed by atoms with Crippen molar-refractivity contribution in [3.8, 4) is 11.5 Å². The summed E-state index contributed by atoms with van der Waals surface area (Å²) in [5.74, 6) is -0.433. The second kappa shape index (κ2) is 9.59. The number of ketones is 1. The summed E-state index contributed by atoms with van der Waals surface area (Å²) in [6.45, 7) is 5.27. The zero-order chi connectivity index (χ0) is 24.4. The van der Waals surface area contributed by atoms with Crippen molar-refractivity contribution in [1.82, 2.24) is 5.32 Å². The Bertz CT molecular complexity index is 1190. The van der Waals surface area contributed by atoms with Crippen molar-refractivity contribution < 1.29 is 33.0 Å². The number of hydrogen-bond acceptors (Lipinski definition) is 8. The number of rotatable bonds is 6. The first-order valence-electron chi connectivity index (χ1n) is 11.1. The molecule has 0 unspecified atom stereocenters. The predicted octanol–water partition coefficient (Wildman–Crippen LogP) is 4.14. The first-order valence-corrected chi connectivity index (χ1v) is 11.1. The molecule has 2 heterocycles. The number of Topliss-reactive ketones (excluding diaryl/α,β-unsaturated/α-hetero) is 1. The van der Waals surface area contributed by atoms with Gasteiger partial charge in [0.05, 0.1) is 25.6 Å². The normalized spacial score (nSPS) is 19.9. The van der Waals surface area contributed by atoms with Gasteiger partial charge in [0, 0.05) is 42.1 Å². The Morgan fingerprint density at radius 3 is 2.62 bits per heavy atom. The van der Waals surface area contributed by atoms with Crippen molar-refractivity contribution in [3.05, 3.63) is 70.5 Å². The fourth-order valence-electron chi connectivity index (χ4n) is 4.69. The molecule has 0 amide bonds. The van der Waals surface area contributed by atoms with Gasteiger partial charge in [-0.05, 0) is 50.1 Å². The molecule has 1 aliphatic heterocycles. The topological polar surface area (TPSA) is 104 Å². The van der Waals surface area contributed by atoms with Gasteiger partial charge in [-0.1, -0.05) is 6.07 Å². The monoisotopic (exact) mass is 465 g/mol. The van der Waals surface area contributed by atoms with Crippen LogP contribution in [0.4, 0.5) is 0 Å². The van der Waals surface area contributed by atoms with Crippen molar-refractivity contribution in [2.75, 3.05) is 13.7 Å². The van der Waals surface area contributed by atoms with Gasteiger partial charge >= 0.3 is 11.9 Å². The highest BCUT2D eigenvalue weighted by Gasteiger charge is 2.42. The van der Waals surface area contributed by atoms with Crippen LogP contribution in [0.3, 0.4) is 0 Å². The highest BCUT2D eigenvalue weighted by atomic mass is 16.6. The lowest BCUT2D eigenvalue weighted by molar-refractivity contribution is -0.136. The van der Waals surface area contributed by atoms with Crippen LogP contribution in [-0.2, 0) is 19.1 Å². The van der Waals surface area contributed by atoms with Crippen LogP contribution in [0, 0.1) is 0 Å². The van der Waals surface area contributed by atoms with E-state index in [9.17, 15) is 14.4 Å². The highest BCUT2D eigenvalue weighted by molar-refractivity contribution is 6.04. The fraction of sp³-hybridized carbons (Fsp3) is 0.346. The van der Waals surface area contributed by atoms with E-state index in [0.717, 1.165) is 11.5 Å². The molecule has 0 fully saturated rings. The van der Waals surface area contributed by atoms with Crippen LogP contribution in [-0.4, -0.2) is 31.4 Å². The smallest absolute Gasteiger partial charge is 0.336 e. The minimum absolute atomic E-state index is 0.0731. The molecule has 2 atom stereocenters. The largest absolute Gasteiger partial charge is 0.490 e. The lowest BCUT2D eigenvalue weighted by Gasteiger charge is -2.36. The lowest BCUT2D eigenvalue weighted by atomic mass is 9.72. The number of allylic oxidation sites excluding steroid dienone is 3. The molecule has 1 aliphatic carbocycles. The van der Waals surface area contributed by atoms with E-state index < -0.39 is 17.9 Å². The van der Waals surface area contributed by atoms with Gasteiger partial charge in [0.2, 0.25) is 0 Å². The van der Waals surface area contributed by atoms with Gasteiger partial charge in [-0.15, -0.1) is 0 Å². The number of carbonyl (C=O) groups is 3. The number of furan rings is 1. The summed E-state index contributed by atoms with van der Waals surface area (Å²) in [5, 5.41) is 3.28. The molecule has 1 aromatic carbocycles. The number of hydrogen-bond donors (Lipinski definition) is 1. The van der Waals surface area contributed by atoms with Crippen LogP contribution < -0.4 is 14.8 Å².